The highest BCUT2D eigenvalue weighted by Crippen LogP contribution is 2.24. The molecule has 0 radical (unpaired) electrons. The van der Waals surface area contributed by atoms with Gasteiger partial charge in [0, 0.05) is 18.1 Å². The zero-order valence-corrected chi connectivity index (χ0v) is 13.3. The second-order valence-corrected chi connectivity index (χ2v) is 6.10. The lowest BCUT2D eigenvalue weighted by atomic mass is 10.0. The number of hydrogen-bond acceptors (Lipinski definition) is 3. The van der Waals surface area contributed by atoms with Crippen molar-refractivity contribution in [1.82, 2.24) is 4.90 Å². The van der Waals surface area contributed by atoms with Crippen molar-refractivity contribution in [2.45, 2.75) is 25.6 Å². The highest BCUT2D eigenvalue weighted by atomic mass is 35.5. The third-order valence-corrected chi connectivity index (χ3v) is 4.44. The Kier molecular flexibility index (Phi) is 4.33. The van der Waals surface area contributed by atoms with Crippen molar-refractivity contribution < 1.29 is 4.79 Å². The second kappa shape index (κ2) is 6.41. The Morgan fingerprint density at radius 2 is 1.91 bits per heavy atom. The minimum Gasteiger partial charge on any atom is -0.333 e. The van der Waals surface area contributed by atoms with Crippen LogP contribution in [0, 0.1) is 11.3 Å². The summed E-state index contributed by atoms with van der Waals surface area (Å²) in [7, 11) is 0. The van der Waals surface area contributed by atoms with E-state index < -0.39 is 6.04 Å². The molecule has 0 aromatic heterocycles. The van der Waals surface area contributed by atoms with Crippen molar-refractivity contribution in [3.8, 4) is 6.07 Å². The van der Waals surface area contributed by atoms with Crippen LogP contribution in [0.4, 0.5) is 0 Å². The lowest BCUT2D eigenvalue weighted by Gasteiger charge is -2.20. The normalized spacial score (nSPS) is 14.2. The monoisotopic (exact) mass is 325 g/mol. The van der Waals surface area contributed by atoms with Crippen LogP contribution in [0.25, 0.3) is 0 Å². The molecule has 0 aliphatic carbocycles. The zero-order valence-electron chi connectivity index (χ0n) is 12.5. The number of amides is 1. The molecule has 23 heavy (non-hydrogen) atoms. The number of nitriles is 1. The van der Waals surface area contributed by atoms with Gasteiger partial charge in [-0.05, 0) is 35.2 Å². The fourth-order valence-corrected chi connectivity index (χ4v) is 3.09. The molecule has 1 amide bonds. The van der Waals surface area contributed by atoms with Crippen molar-refractivity contribution >= 4 is 17.5 Å². The van der Waals surface area contributed by atoms with Crippen molar-refractivity contribution in [3.63, 3.8) is 0 Å². The summed E-state index contributed by atoms with van der Waals surface area (Å²) in [6, 6.07) is 14.4. The Labute approximate surface area is 140 Å². The van der Waals surface area contributed by atoms with Gasteiger partial charge in [0.25, 0.3) is 0 Å². The third kappa shape index (κ3) is 3.21. The van der Waals surface area contributed by atoms with E-state index in [1.807, 2.05) is 30.3 Å². The maximum atomic E-state index is 12.6. The molecule has 0 bridgehead atoms. The summed E-state index contributed by atoms with van der Waals surface area (Å²) >= 11 is 6.16. The van der Waals surface area contributed by atoms with Gasteiger partial charge in [-0.25, -0.2) is 0 Å². The standard InChI is InChI=1S/C18H16ClN3O/c19-16-7-12(9-20)5-6-13(16)8-17(21)18(23)22-10-14-3-1-2-4-15(14)11-22/h1-7,17H,8,10-11,21H2. The minimum absolute atomic E-state index is 0.0818. The van der Waals surface area contributed by atoms with Crippen LogP contribution >= 0.6 is 11.6 Å². The number of fused-ring (bicyclic) bond motifs is 1. The summed E-state index contributed by atoms with van der Waals surface area (Å²) in [5.41, 5.74) is 9.70. The molecule has 0 spiro atoms. The van der Waals surface area contributed by atoms with E-state index in [4.69, 9.17) is 22.6 Å². The highest BCUT2D eigenvalue weighted by molar-refractivity contribution is 6.31. The smallest absolute Gasteiger partial charge is 0.240 e. The molecule has 0 saturated heterocycles. The first-order chi connectivity index (χ1) is 11.1. The fourth-order valence-electron chi connectivity index (χ4n) is 2.83. The van der Waals surface area contributed by atoms with Gasteiger partial charge in [-0.3, -0.25) is 4.79 Å². The number of halogens is 1. The molecule has 4 nitrogen and oxygen atoms in total. The minimum atomic E-state index is -0.644. The summed E-state index contributed by atoms with van der Waals surface area (Å²) in [6.07, 6.45) is 0.357. The lowest BCUT2D eigenvalue weighted by molar-refractivity contribution is -0.133. The Balaban J connectivity index is 1.69. The fraction of sp³-hybridized carbons (Fsp3) is 0.222. The molecule has 1 atom stereocenters. The van der Waals surface area contributed by atoms with Crippen LogP contribution in [-0.4, -0.2) is 16.8 Å². The molecule has 1 unspecified atom stereocenters. The van der Waals surface area contributed by atoms with Gasteiger partial charge in [-0.1, -0.05) is 41.9 Å². The van der Waals surface area contributed by atoms with Gasteiger partial charge in [0.05, 0.1) is 17.7 Å². The van der Waals surface area contributed by atoms with Gasteiger partial charge >= 0.3 is 0 Å². The number of rotatable bonds is 3. The molecule has 1 heterocycles. The first kappa shape index (κ1) is 15.5. The van der Waals surface area contributed by atoms with Crippen LogP contribution in [0.1, 0.15) is 22.3 Å². The first-order valence-electron chi connectivity index (χ1n) is 7.38. The maximum absolute atomic E-state index is 12.6. The Morgan fingerprint density at radius 1 is 1.26 bits per heavy atom. The van der Waals surface area contributed by atoms with E-state index in [9.17, 15) is 4.79 Å². The van der Waals surface area contributed by atoms with E-state index in [0.29, 0.717) is 30.1 Å². The van der Waals surface area contributed by atoms with Gasteiger partial charge < -0.3 is 10.6 Å². The SMILES string of the molecule is N#Cc1ccc(CC(N)C(=O)N2Cc3ccccc3C2)c(Cl)c1. The Bertz CT molecular complexity index is 772. The van der Waals surface area contributed by atoms with E-state index in [0.717, 1.165) is 5.56 Å². The molecule has 116 valence electrons. The molecule has 0 saturated carbocycles. The van der Waals surface area contributed by atoms with E-state index in [1.165, 1.54) is 11.1 Å². The van der Waals surface area contributed by atoms with Crippen LogP contribution in [0.15, 0.2) is 42.5 Å². The number of benzene rings is 2. The summed E-state index contributed by atoms with van der Waals surface area (Å²) in [5, 5.41) is 9.33. The van der Waals surface area contributed by atoms with E-state index in [1.54, 1.807) is 23.1 Å². The largest absolute Gasteiger partial charge is 0.333 e. The third-order valence-electron chi connectivity index (χ3n) is 4.09. The van der Waals surface area contributed by atoms with Crippen LogP contribution in [0.2, 0.25) is 5.02 Å². The predicted molar refractivity (Wildman–Crippen MR) is 88.5 cm³/mol. The molecule has 3 rings (SSSR count). The van der Waals surface area contributed by atoms with E-state index >= 15 is 0 Å². The number of hydrogen-bond donors (Lipinski definition) is 1. The quantitative estimate of drug-likeness (QED) is 0.943. The van der Waals surface area contributed by atoms with Crippen LogP contribution in [-0.2, 0) is 24.3 Å². The Morgan fingerprint density at radius 3 is 2.48 bits per heavy atom. The van der Waals surface area contributed by atoms with Gasteiger partial charge in [-0.2, -0.15) is 5.26 Å². The van der Waals surface area contributed by atoms with Crippen LogP contribution < -0.4 is 5.73 Å². The number of nitrogens with two attached hydrogens (primary N) is 1. The van der Waals surface area contributed by atoms with Crippen molar-refractivity contribution in [2.75, 3.05) is 0 Å². The molecule has 2 N–H and O–H groups in total. The van der Waals surface area contributed by atoms with Crippen LogP contribution in [0.5, 0.6) is 0 Å². The highest BCUT2D eigenvalue weighted by Gasteiger charge is 2.27. The average molecular weight is 326 g/mol. The molecule has 2 aromatic carbocycles. The van der Waals surface area contributed by atoms with E-state index in [-0.39, 0.29) is 5.91 Å². The average Bonchev–Trinajstić information content (AvgIpc) is 2.99. The van der Waals surface area contributed by atoms with Crippen LogP contribution in [0.3, 0.4) is 0 Å². The number of nitrogens with zero attached hydrogens (tertiary/aromatic N) is 2. The van der Waals surface area contributed by atoms with Gasteiger partial charge in [0.2, 0.25) is 5.91 Å². The first-order valence-corrected chi connectivity index (χ1v) is 7.76. The molecule has 5 heteroatoms. The number of carbonyl (C=O) groups is 1. The molecule has 0 fully saturated rings. The second-order valence-electron chi connectivity index (χ2n) is 5.69. The molecular weight excluding hydrogens is 310 g/mol. The van der Waals surface area contributed by atoms with Crippen molar-refractivity contribution in [1.29, 1.82) is 5.26 Å². The number of carbonyl (C=O) groups excluding carboxylic acids is 1. The Hall–Kier alpha value is -2.35. The van der Waals surface area contributed by atoms with E-state index in [2.05, 4.69) is 0 Å². The van der Waals surface area contributed by atoms with Crippen molar-refractivity contribution in [3.05, 3.63) is 69.7 Å². The van der Waals surface area contributed by atoms with Crippen molar-refractivity contribution in [2.24, 2.45) is 5.73 Å². The van der Waals surface area contributed by atoms with Gasteiger partial charge in [0.15, 0.2) is 0 Å². The molecule has 1 aliphatic rings. The van der Waals surface area contributed by atoms with Gasteiger partial charge in [-0.15, -0.1) is 0 Å². The zero-order chi connectivity index (χ0) is 16.4. The summed E-state index contributed by atoms with van der Waals surface area (Å²) in [5.74, 6) is -0.0818. The lowest BCUT2D eigenvalue weighted by Crippen LogP contribution is -2.42. The van der Waals surface area contributed by atoms with Gasteiger partial charge in [0.1, 0.15) is 0 Å². The summed E-state index contributed by atoms with van der Waals surface area (Å²) in [6.45, 7) is 1.20. The summed E-state index contributed by atoms with van der Waals surface area (Å²) in [4.78, 5) is 14.3. The maximum Gasteiger partial charge on any atom is 0.240 e. The molecular formula is C18H16ClN3O. The molecule has 2 aromatic rings. The summed E-state index contributed by atoms with van der Waals surface area (Å²) < 4.78 is 0. The molecule has 1 aliphatic heterocycles. The predicted octanol–water partition coefficient (Wildman–Crippen LogP) is 2.62. The topological polar surface area (TPSA) is 70.1 Å².